The van der Waals surface area contributed by atoms with Crippen molar-refractivity contribution >= 4 is 34.2 Å². The molecule has 1 heterocycles. The Balaban J connectivity index is 1.35. The van der Waals surface area contributed by atoms with Crippen molar-refractivity contribution in [1.29, 1.82) is 0 Å². The molecule has 2 amide bonds. The van der Waals surface area contributed by atoms with Gasteiger partial charge in [-0.05, 0) is 55.3 Å². The summed E-state index contributed by atoms with van der Waals surface area (Å²) in [5, 5.41) is 6.59. The van der Waals surface area contributed by atoms with Gasteiger partial charge in [-0.25, -0.2) is 0 Å². The number of fused-ring (bicyclic) bond motifs is 1. The van der Waals surface area contributed by atoms with Crippen LogP contribution in [0.2, 0.25) is 0 Å². The van der Waals surface area contributed by atoms with Crippen molar-refractivity contribution in [2.75, 3.05) is 24.4 Å². The average Bonchev–Trinajstić information content (AvgIpc) is 3.23. The summed E-state index contributed by atoms with van der Waals surface area (Å²) in [5.74, 6) is 0.530. The first-order chi connectivity index (χ1) is 16.4. The van der Waals surface area contributed by atoms with Gasteiger partial charge in [0.05, 0.1) is 19.8 Å². The third kappa shape index (κ3) is 5.20. The molecule has 1 aromatic heterocycles. The molecule has 0 radical (unpaired) electrons. The van der Waals surface area contributed by atoms with E-state index in [0.717, 1.165) is 27.7 Å². The number of hydrogen-bond acceptors (Lipinski definition) is 5. The van der Waals surface area contributed by atoms with E-state index in [1.807, 2.05) is 32.0 Å². The molecule has 0 aliphatic rings. The molecule has 0 saturated heterocycles. The van der Waals surface area contributed by atoms with E-state index in [0.29, 0.717) is 22.9 Å². The molecule has 3 aromatic carbocycles. The fourth-order valence-corrected chi connectivity index (χ4v) is 3.66. The molecule has 0 aliphatic carbocycles. The lowest BCUT2D eigenvalue weighted by atomic mass is 10.0. The highest BCUT2D eigenvalue weighted by molar-refractivity contribution is 5.97. The number of rotatable bonds is 8. The predicted octanol–water partition coefficient (Wildman–Crippen LogP) is 5.26. The van der Waals surface area contributed by atoms with Gasteiger partial charge in [-0.1, -0.05) is 30.3 Å². The molecule has 7 heteroatoms. The summed E-state index contributed by atoms with van der Waals surface area (Å²) in [5.41, 5.74) is 4.98. The van der Waals surface area contributed by atoms with E-state index in [1.54, 1.807) is 55.8 Å². The lowest BCUT2D eigenvalue weighted by molar-refractivity contribution is -0.118. The monoisotopic (exact) mass is 458 g/mol. The fraction of sp³-hybridized carbons (Fsp3) is 0.185. The lowest BCUT2D eigenvalue weighted by Gasteiger charge is -2.11. The van der Waals surface area contributed by atoms with Crippen LogP contribution in [0.3, 0.4) is 0 Å². The highest BCUT2D eigenvalue weighted by Crippen LogP contribution is 2.27. The van der Waals surface area contributed by atoms with Crippen LogP contribution in [0.1, 0.15) is 16.7 Å². The topological polar surface area (TPSA) is 89.8 Å². The normalized spacial score (nSPS) is 10.7. The fourth-order valence-electron chi connectivity index (χ4n) is 3.66. The van der Waals surface area contributed by atoms with E-state index >= 15 is 0 Å². The van der Waals surface area contributed by atoms with Gasteiger partial charge >= 0.3 is 0 Å². The maximum absolute atomic E-state index is 12.7. The first-order valence-corrected chi connectivity index (χ1v) is 10.9. The van der Waals surface area contributed by atoms with Crippen molar-refractivity contribution in [2.45, 2.75) is 20.3 Å². The molecule has 4 aromatic rings. The van der Waals surface area contributed by atoms with E-state index in [1.165, 1.54) is 0 Å². The third-order valence-electron chi connectivity index (χ3n) is 5.55. The maximum atomic E-state index is 12.7. The molecule has 0 unspecified atom stereocenters. The van der Waals surface area contributed by atoms with Gasteiger partial charge in [-0.3, -0.25) is 9.59 Å². The number of benzene rings is 3. The van der Waals surface area contributed by atoms with Crippen molar-refractivity contribution < 1.29 is 23.5 Å². The summed E-state index contributed by atoms with van der Waals surface area (Å²) >= 11 is 0. The number of aryl methyl sites for hydroxylation is 2. The Bertz CT molecular complexity index is 1340. The van der Waals surface area contributed by atoms with Crippen molar-refractivity contribution in [3.05, 3.63) is 83.6 Å². The number of amides is 2. The minimum Gasteiger partial charge on any atom is -0.493 e. The maximum Gasteiger partial charge on any atom is 0.262 e. The Labute approximate surface area is 197 Å². The number of furan rings is 1. The lowest BCUT2D eigenvalue weighted by Crippen LogP contribution is -2.20. The molecule has 34 heavy (non-hydrogen) atoms. The van der Waals surface area contributed by atoms with Crippen LogP contribution < -0.4 is 20.1 Å². The molecule has 4 rings (SSSR count). The van der Waals surface area contributed by atoms with Crippen molar-refractivity contribution in [3.63, 3.8) is 0 Å². The molecule has 0 atom stereocenters. The van der Waals surface area contributed by atoms with Crippen LogP contribution in [0.25, 0.3) is 11.0 Å². The number of para-hydroxylation sites is 2. The molecule has 0 bridgehead atoms. The van der Waals surface area contributed by atoms with Crippen LogP contribution in [0, 0.1) is 13.8 Å². The zero-order valence-electron chi connectivity index (χ0n) is 19.3. The van der Waals surface area contributed by atoms with E-state index in [2.05, 4.69) is 10.6 Å². The van der Waals surface area contributed by atoms with Crippen molar-refractivity contribution in [1.82, 2.24) is 0 Å². The summed E-state index contributed by atoms with van der Waals surface area (Å²) in [7, 11) is 1.54. The summed E-state index contributed by atoms with van der Waals surface area (Å²) in [4.78, 5) is 25.0. The zero-order chi connectivity index (χ0) is 24.1. The Morgan fingerprint density at radius 1 is 0.882 bits per heavy atom. The number of ether oxygens (including phenoxy) is 2. The minimum absolute atomic E-state index is 0.177. The Morgan fingerprint density at radius 2 is 1.59 bits per heavy atom. The Hall–Kier alpha value is -4.26. The van der Waals surface area contributed by atoms with E-state index < -0.39 is 0 Å². The van der Waals surface area contributed by atoms with Crippen molar-refractivity contribution in [2.24, 2.45) is 0 Å². The first kappa shape index (κ1) is 22.9. The van der Waals surface area contributed by atoms with Gasteiger partial charge in [-0.15, -0.1) is 0 Å². The van der Waals surface area contributed by atoms with Gasteiger partial charge in [0.2, 0.25) is 5.91 Å². The molecule has 0 fully saturated rings. The predicted molar refractivity (Wildman–Crippen MR) is 132 cm³/mol. The molecule has 0 aliphatic heterocycles. The summed E-state index contributed by atoms with van der Waals surface area (Å²) in [6, 6.07) is 18.1. The molecular formula is C27H26N2O5. The zero-order valence-corrected chi connectivity index (χ0v) is 19.3. The molecular weight excluding hydrogens is 432 g/mol. The first-order valence-electron chi connectivity index (χ1n) is 10.9. The summed E-state index contributed by atoms with van der Waals surface area (Å²) in [6.45, 7) is 3.86. The highest BCUT2D eigenvalue weighted by Gasteiger charge is 2.14. The van der Waals surface area contributed by atoms with Crippen LogP contribution in [0.15, 0.2) is 71.3 Å². The van der Waals surface area contributed by atoms with Crippen LogP contribution >= 0.6 is 0 Å². The Morgan fingerprint density at radius 3 is 2.32 bits per heavy atom. The number of carbonyl (C=O) groups excluding carboxylic acids is 2. The molecule has 0 spiro atoms. The third-order valence-corrected chi connectivity index (χ3v) is 5.55. The molecule has 7 nitrogen and oxygen atoms in total. The number of nitrogens with one attached hydrogen (secondary N) is 2. The van der Waals surface area contributed by atoms with Gasteiger partial charge < -0.3 is 24.5 Å². The molecule has 2 N–H and O–H groups in total. The van der Waals surface area contributed by atoms with Crippen LogP contribution in [0.4, 0.5) is 11.4 Å². The summed E-state index contributed by atoms with van der Waals surface area (Å²) < 4.78 is 16.5. The smallest absolute Gasteiger partial charge is 0.262 e. The quantitative estimate of drug-likeness (QED) is 0.376. The minimum atomic E-state index is -0.329. The molecule has 174 valence electrons. The Kier molecular flexibility index (Phi) is 6.82. The van der Waals surface area contributed by atoms with Crippen LogP contribution in [0.5, 0.6) is 11.5 Å². The second-order valence-corrected chi connectivity index (χ2v) is 7.94. The number of hydrogen-bond donors (Lipinski definition) is 2. The second kappa shape index (κ2) is 10.1. The number of methoxy groups -OCH3 is 1. The standard InChI is InChI=1S/C27H26N2O5/c1-17-11-12-22-19(15-34-27(22)18(17)2)13-25(30)28-20-7-6-8-21(14-20)29-26(31)16-33-24-10-5-4-9-23(24)32-3/h4-12,14-15H,13,16H2,1-3H3,(H,28,30)(H,29,31). The number of carbonyl (C=O) groups is 2. The SMILES string of the molecule is COc1ccccc1OCC(=O)Nc1cccc(NC(=O)Cc2coc3c(C)c(C)ccc23)c1. The highest BCUT2D eigenvalue weighted by atomic mass is 16.5. The largest absolute Gasteiger partial charge is 0.493 e. The van der Waals surface area contributed by atoms with Gasteiger partial charge in [-0.2, -0.15) is 0 Å². The average molecular weight is 459 g/mol. The van der Waals surface area contributed by atoms with Gasteiger partial charge in [0.1, 0.15) is 5.58 Å². The van der Waals surface area contributed by atoms with Crippen LogP contribution in [-0.2, 0) is 16.0 Å². The van der Waals surface area contributed by atoms with E-state index in [9.17, 15) is 9.59 Å². The second-order valence-electron chi connectivity index (χ2n) is 7.94. The van der Waals surface area contributed by atoms with E-state index in [4.69, 9.17) is 13.9 Å². The summed E-state index contributed by atoms with van der Waals surface area (Å²) in [6.07, 6.45) is 1.81. The van der Waals surface area contributed by atoms with Gasteiger partial charge in [0.25, 0.3) is 5.91 Å². The number of anilines is 2. The van der Waals surface area contributed by atoms with Gasteiger partial charge in [0.15, 0.2) is 18.1 Å². The molecule has 0 saturated carbocycles. The van der Waals surface area contributed by atoms with Crippen molar-refractivity contribution in [3.8, 4) is 11.5 Å². The van der Waals surface area contributed by atoms with Crippen LogP contribution in [-0.4, -0.2) is 25.5 Å². The van der Waals surface area contributed by atoms with E-state index in [-0.39, 0.29) is 24.8 Å². The van der Waals surface area contributed by atoms with Gasteiger partial charge in [0, 0.05) is 22.3 Å².